The predicted molar refractivity (Wildman–Crippen MR) is 80.0 cm³/mol. The second-order valence-electron chi connectivity index (χ2n) is 4.59. The molecule has 2 aromatic rings. The summed E-state index contributed by atoms with van der Waals surface area (Å²) in [6.45, 7) is 2.40. The van der Waals surface area contributed by atoms with E-state index in [0.29, 0.717) is 39.9 Å². The highest BCUT2D eigenvalue weighted by molar-refractivity contribution is 6.31. The number of anilines is 1. The largest absolute Gasteiger partial charge is 0.454 e. The average Bonchev–Trinajstić information content (AvgIpc) is 2.60. The highest BCUT2D eigenvalue weighted by atomic mass is 35.5. The van der Waals surface area contributed by atoms with Gasteiger partial charge in [0, 0.05) is 17.6 Å². The third kappa shape index (κ3) is 2.22. The molecule has 0 N–H and O–H groups in total. The number of rotatable bonds is 1. The van der Waals surface area contributed by atoms with E-state index in [4.69, 9.17) is 21.6 Å². The van der Waals surface area contributed by atoms with Crippen LogP contribution in [0.25, 0.3) is 0 Å². The van der Waals surface area contributed by atoms with Crippen molar-refractivity contribution in [1.82, 2.24) is 0 Å². The van der Waals surface area contributed by atoms with Crippen molar-refractivity contribution in [2.45, 2.75) is 6.92 Å². The first-order chi connectivity index (χ1) is 10.1. The van der Waals surface area contributed by atoms with E-state index in [-0.39, 0.29) is 5.91 Å². The number of hydrogen-bond acceptors (Lipinski definition) is 3. The average molecular weight is 299 g/mol. The summed E-state index contributed by atoms with van der Waals surface area (Å²) >= 11 is 6.01. The van der Waals surface area contributed by atoms with Crippen LogP contribution in [0.15, 0.2) is 36.4 Å². The lowest BCUT2D eigenvalue weighted by Gasteiger charge is -2.20. The summed E-state index contributed by atoms with van der Waals surface area (Å²) in [5.41, 5.74) is 1.54. The van der Waals surface area contributed by atoms with Crippen molar-refractivity contribution in [2.75, 3.05) is 11.4 Å². The molecule has 2 aromatic carbocycles. The van der Waals surface area contributed by atoms with E-state index in [1.54, 1.807) is 41.3 Å². The van der Waals surface area contributed by atoms with Crippen LogP contribution in [0.1, 0.15) is 22.8 Å². The van der Waals surface area contributed by atoms with Crippen molar-refractivity contribution in [3.63, 3.8) is 0 Å². The van der Waals surface area contributed by atoms with Crippen molar-refractivity contribution < 1.29 is 9.53 Å². The number of benzene rings is 2. The zero-order valence-corrected chi connectivity index (χ0v) is 12.0. The monoisotopic (exact) mass is 298 g/mol. The van der Waals surface area contributed by atoms with Gasteiger partial charge in [-0.25, -0.2) is 0 Å². The quantitative estimate of drug-likeness (QED) is 0.800. The number of ether oxygens (including phenoxy) is 1. The van der Waals surface area contributed by atoms with Gasteiger partial charge in [-0.1, -0.05) is 11.6 Å². The molecule has 5 heteroatoms. The molecule has 0 spiro atoms. The van der Waals surface area contributed by atoms with E-state index in [0.717, 1.165) is 0 Å². The Hall–Kier alpha value is -2.51. The number of hydrogen-bond donors (Lipinski definition) is 0. The Morgan fingerprint density at radius 3 is 2.76 bits per heavy atom. The number of carbonyl (C=O) groups is 1. The zero-order valence-electron chi connectivity index (χ0n) is 11.3. The Labute approximate surface area is 127 Å². The van der Waals surface area contributed by atoms with Crippen LogP contribution in [-0.4, -0.2) is 12.5 Å². The summed E-state index contributed by atoms with van der Waals surface area (Å²) in [7, 11) is 0. The van der Waals surface area contributed by atoms with E-state index in [1.165, 1.54) is 0 Å². The minimum Gasteiger partial charge on any atom is -0.454 e. The molecule has 1 aliphatic rings. The van der Waals surface area contributed by atoms with Crippen molar-refractivity contribution in [3.05, 3.63) is 52.5 Å². The lowest BCUT2D eigenvalue weighted by molar-refractivity contribution is 0.0988. The summed E-state index contributed by atoms with van der Waals surface area (Å²) in [5.74, 6) is 0.725. The fourth-order valence-corrected chi connectivity index (χ4v) is 2.50. The number of nitriles is 1. The maximum atomic E-state index is 12.6. The molecule has 21 heavy (non-hydrogen) atoms. The molecule has 0 bridgehead atoms. The first kappa shape index (κ1) is 13.5. The van der Waals surface area contributed by atoms with E-state index < -0.39 is 0 Å². The standard InChI is InChI=1S/C16H11ClN2O2/c1-2-19-13-6-4-11(17)8-15(13)21-14-7-10(9-18)3-5-12(14)16(19)20/h3-8H,2H2,1H3. The van der Waals surface area contributed by atoms with Gasteiger partial charge >= 0.3 is 0 Å². The summed E-state index contributed by atoms with van der Waals surface area (Å²) in [4.78, 5) is 14.3. The van der Waals surface area contributed by atoms with Crippen LogP contribution < -0.4 is 9.64 Å². The van der Waals surface area contributed by atoms with E-state index in [9.17, 15) is 4.79 Å². The normalized spacial score (nSPS) is 12.8. The summed E-state index contributed by atoms with van der Waals surface area (Å²) in [6, 6.07) is 12.0. The minimum absolute atomic E-state index is 0.155. The smallest absolute Gasteiger partial charge is 0.262 e. The Morgan fingerprint density at radius 2 is 2.05 bits per heavy atom. The maximum absolute atomic E-state index is 12.6. The van der Waals surface area contributed by atoms with E-state index in [1.807, 2.05) is 13.0 Å². The molecule has 0 saturated heterocycles. The topological polar surface area (TPSA) is 53.3 Å². The Balaban J connectivity index is 2.24. The first-order valence-electron chi connectivity index (χ1n) is 6.47. The predicted octanol–water partition coefficient (Wildman–Crippen LogP) is 3.98. The number of amides is 1. The third-order valence-corrected chi connectivity index (χ3v) is 3.57. The van der Waals surface area contributed by atoms with Gasteiger partial charge in [-0.2, -0.15) is 5.26 Å². The van der Waals surface area contributed by atoms with Gasteiger partial charge in [0.15, 0.2) is 5.75 Å². The molecule has 0 radical (unpaired) electrons. The molecule has 0 saturated carbocycles. The van der Waals surface area contributed by atoms with Gasteiger partial charge in [-0.3, -0.25) is 4.79 Å². The Kier molecular flexibility index (Phi) is 3.28. The van der Waals surface area contributed by atoms with E-state index in [2.05, 4.69) is 0 Å². The molecule has 0 atom stereocenters. The second kappa shape index (κ2) is 5.12. The fourth-order valence-electron chi connectivity index (χ4n) is 2.33. The first-order valence-corrected chi connectivity index (χ1v) is 6.85. The van der Waals surface area contributed by atoms with Gasteiger partial charge in [0.1, 0.15) is 5.75 Å². The number of carbonyl (C=O) groups excluding carboxylic acids is 1. The Morgan fingerprint density at radius 1 is 1.24 bits per heavy atom. The molecule has 0 aromatic heterocycles. The van der Waals surface area contributed by atoms with Crippen molar-refractivity contribution in [1.29, 1.82) is 5.26 Å². The van der Waals surface area contributed by atoms with Crippen LogP contribution in [-0.2, 0) is 0 Å². The van der Waals surface area contributed by atoms with Gasteiger partial charge < -0.3 is 9.64 Å². The molecular formula is C16H11ClN2O2. The molecule has 0 fully saturated rings. The summed E-state index contributed by atoms with van der Waals surface area (Å²) < 4.78 is 5.83. The van der Waals surface area contributed by atoms with Crippen LogP contribution in [0, 0.1) is 11.3 Å². The fraction of sp³-hybridized carbons (Fsp3) is 0.125. The molecule has 0 unspecified atom stereocenters. The van der Waals surface area contributed by atoms with Gasteiger partial charge in [0.05, 0.1) is 22.9 Å². The molecule has 104 valence electrons. The van der Waals surface area contributed by atoms with Crippen molar-refractivity contribution in [3.8, 4) is 17.6 Å². The van der Waals surface area contributed by atoms with Crippen LogP contribution in [0.2, 0.25) is 5.02 Å². The lowest BCUT2D eigenvalue weighted by atomic mass is 10.1. The highest BCUT2D eigenvalue weighted by Crippen LogP contribution is 2.40. The summed E-state index contributed by atoms with van der Waals surface area (Å²) in [5, 5.41) is 9.52. The molecule has 1 aliphatic heterocycles. The second-order valence-corrected chi connectivity index (χ2v) is 5.02. The van der Waals surface area contributed by atoms with Crippen LogP contribution in [0.4, 0.5) is 5.69 Å². The molecule has 4 nitrogen and oxygen atoms in total. The number of nitrogens with zero attached hydrogens (tertiary/aromatic N) is 2. The molecule has 3 rings (SSSR count). The SMILES string of the molecule is CCN1C(=O)c2ccc(C#N)cc2Oc2cc(Cl)ccc21. The molecular weight excluding hydrogens is 288 g/mol. The molecule has 0 aliphatic carbocycles. The van der Waals surface area contributed by atoms with Gasteiger partial charge in [-0.05, 0) is 37.3 Å². The van der Waals surface area contributed by atoms with Crippen molar-refractivity contribution in [2.24, 2.45) is 0 Å². The zero-order chi connectivity index (χ0) is 15.0. The van der Waals surface area contributed by atoms with E-state index >= 15 is 0 Å². The van der Waals surface area contributed by atoms with Crippen molar-refractivity contribution >= 4 is 23.2 Å². The number of halogens is 1. The molecule has 1 heterocycles. The minimum atomic E-state index is -0.155. The maximum Gasteiger partial charge on any atom is 0.262 e. The van der Waals surface area contributed by atoms with Gasteiger partial charge in [0.2, 0.25) is 0 Å². The lowest BCUT2D eigenvalue weighted by Crippen LogP contribution is -2.29. The van der Waals surface area contributed by atoms with Crippen LogP contribution in [0.3, 0.4) is 0 Å². The van der Waals surface area contributed by atoms with Gasteiger partial charge in [-0.15, -0.1) is 0 Å². The highest BCUT2D eigenvalue weighted by Gasteiger charge is 2.27. The Bertz CT molecular complexity index is 780. The van der Waals surface area contributed by atoms with Crippen LogP contribution in [0.5, 0.6) is 11.5 Å². The molecule has 1 amide bonds. The van der Waals surface area contributed by atoms with Gasteiger partial charge in [0.25, 0.3) is 5.91 Å². The third-order valence-electron chi connectivity index (χ3n) is 3.34. The summed E-state index contributed by atoms with van der Waals surface area (Å²) in [6.07, 6.45) is 0. The number of fused-ring (bicyclic) bond motifs is 2. The van der Waals surface area contributed by atoms with Crippen LogP contribution >= 0.6 is 11.6 Å².